The number of likely N-dealkylation sites (tertiary alicyclic amines) is 1. The van der Waals surface area contributed by atoms with Gasteiger partial charge in [-0.15, -0.1) is 0 Å². The van der Waals surface area contributed by atoms with Gasteiger partial charge >= 0.3 is 12.1 Å². The highest BCUT2D eigenvalue weighted by Gasteiger charge is 2.54. The molecule has 124 valence electrons. The molecule has 0 radical (unpaired) electrons. The first-order valence-electron chi connectivity index (χ1n) is 7.87. The Morgan fingerprint density at radius 1 is 1.18 bits per heavy atom. The van der Waals surface area contributed by atoms with Crippen molar-refractivity contribution in [2.24, 2.45) is 17.3 Å². The fourth-order valence-electron chi connectivity index (χ4n) is 3.83. The molecule has 3 fully saturated rings. The molecule has 3 rings (SSSR count). The Balaban J connectivity index is 1.70. The molecule has 4 nitrogen and oxygen atoms in total. The van der Waals surface area contributed by atoms with Crippen LogP contribution in [0.4, 0.5) is 13.2 Å². The average Bonchev–Trinajstić information content (AvgIpc) is 2.86. The second-order valence-electron chi connectivity index (χ2n) is 7.25. The standard InChI is InChI=1S/C15H21F3N2O2/c1-14(5-6-14)11(19-13(22)15(16,17)18)12(21)20-7-9-3-2-4-10(9)8-20/h9-11H,2-8H2,1H3,(H,19,22)/t9-,10+,11-/m1/s1. The van der Waals surface area contributed by atoms with Gasteiger partial charge in [0, 0.05) is 13.1 Å². The van der Waals surface area contributed by atoms with Crippen molar-refractivity contribution in [3.63, 3.8) is 0 Å². The first-order valence-corrected chi connectivity index (χ1v) is 7.87. The van der Waals surface area contributed by atoms with Crippen molar-refractivity contribution in [2.45, 2.75) is 51.2 Å². The van der Waals surface area contributed by atoms with Crippen LogP contribution in [0.5, 0.6) is 0 Å². The lowest BCUT2D eigenvalue weighted by atomic mass is 9.97. The van der Waals surface area contributed by atoms with Crippen LogP contribution in [0.25, 0.3) is 0 Å². The lowest BCUT2D eigenvalue weighted by Gasteiger charge is -2.29. The predicted octanol–water partition coefficient (Wildman–Crippen LogP) is 2.09. The lowest BCUT2D eigenvalue weighted by Crippen LogP contribution is -2.55. The van der Waals surface area contributed by atoms with Gasteiger partial charge < -0.3 is 10.2 Å². The molecule has 0 aromatic heterocycles. The van der Waals surface area contributed by atoms with Crippen LogP contribution in [-0.2, 0) is 9.59 Å². The third-order valence-electron chi connectivity index (χ3n) is 5.55. The van der Waals surface area contributed by atoms with Gasteiger partial charge in [0.15, 0.2) is 0 Å². The molecule has 1 saturated heterocycles. The van der Waals surface area contributed by atoms with Gasteiger partial charge in [0.2, 0.25) is 5.91 Å². The molecule has 7 heteroatoms. The molecule has 3 aliphatic rings. The molecule has 0 aromatic rings. The molecular weight excluding hydrogens is 297 g/mol. The molecule has 1 heterocycles. The number of alkyl halides is 3. The van der Waals surface area contributed by atoms with Gasteiger partial charge in [0.05, 0.1) is 0 Å². The van der Waals surface area contributed by atoms with Crippen LogP contribution in [0.1, 0.15) is 39.0 Å². The minimum absolute atomic E-state index is 0.341. The Kier molecular flexibility index (Phi) is 3.64. The molecule has 2 aliphatic carbocycles. The highest BCUT2D eigenvalue weighted by molar-refractivity contribution is 5.91. The quantitative estimate of drug-likeness (QED) is 0.866. The monoisotopic (exact) mass is 318 g/mol. The van der Waals surface area contributed by atoms with E-state index >= 15 is 0 Å². The third kappa shape index (κ3) is 2.82. The number of carbonyl (C=O) groups is 2. The first-order chi connectivity index (χ1) is 10.2. The molecule has 0 aromatic carbocycles. The predicted molar refractivity (Wildman–Crippen MR) is 72.7 cm³/mol. The number of nitrogens with zero attached hydrogens (tertiary/aromatic N) is 1. The van der Waals surface area contributed by atoms with Gasteiger partial charge in [-0.2, -0.15) is 13.2 Å². The largest absolute Gasteiger partial charge is 0.471 e. The van der Waals surface area contributed by atoms with Gasteiger partial charge in [-0.1, -0.05) is 13.3 Å². The second-order valence-corrected chi connectivity index (χ2v) is 7.25. The van der Waals surface area contributed by atoms with E-state index in [0.717, 1.165) is 12.8 Å². The number of rotatable bonds is 3. The Hall–Kier alpha value is -1.27. The van der Waals surface area contributed by atoms with Crippen LogP contribution in [0.2, 0.25) is 0 Å². The second kappa shape index (κ2) is 5.13. The zero-order valence-corrected chi connectivity index (χ0v) is 12.6. The molecule has 0 spiro atoms. The number of fused-ring (bicyclic) bond motifs is 1. The Morgan fingerprint density at radius 3 is 2.18 bits per heavy atom. The molecule has 0 bridgehead atoms. The molecule has 3 atom stereocenters. The van der Waals surface area contributed by atoms with E-state index in [-0.39, 0.29) is 5.91 Å². The summed E-state index contributed by atoms with van der Waals surface area (Å²) in [6.07, 6.45) is -0.268. The molecular formula is C15H21F3N2O2. The fourth-order valence-corrected chi connectivity index (χ4v) is 3.83. The highest BCUT2D eigenvalue weighted by atomic mass is 19.4. The van der Waals surface area contributed by atoms with E-state index in [1.165, 1.54) is 6.42 Å². The van der Waals surface area contributed by atoms with Crippen LogP contribution in [0, 0.1) is 17.3 Å². The summed E-state index contributed by atoms with van der Waals surface area (Å²) >= 11 is 0. The van der Waals surface area contributed by atoms with Crippen LogP contribution in [0.15, 0.2) is 0 Å². The van der Waals surface area contributed by atoms with Crippen molar-refractivity contribution in [3.05, 3.63) is 0 Å². The zero-order valence-electron chi connectivity index (χ0n) is 12.6. The van der Waals surface area contributed by atoms with Gasteiger partial charge in [0.1, 0.15) is 6.04 Å². The third-order valence-corrected chi connectivity index (χ3v) is 5.55. The van der Waals surface area contributed by atoms with Crippen LogP contribution >= 0.6 is 0 Å². The maximum Gasteiger partial charge on any atom is 0.471 e. The number of amides is 2. The van der Waals surface area contributed by atoms with Crippen molar-refractivity contribution < 1.29 is 22.8 Å². The number of hydrogen-bond donors (Lipinski definition) is 1. The summed E-state index contributed by atoms with van der Waals surface area (Å²) in [5.41, 5.74) is -0.532. The fraction of sp³-hybridized carbons (Fsp3) is 0.867. The van der Waals surface area contributed by atoms with Crippen molar-refractivity contribution in [3.8, 4) is 0 Å². The summed E-state index contributed by atoms with van der Waals surface area (Å²) in [7, 11) is 0. The normalized spacial score (nSPS) is 30.8. The number of nitrogens with one attached hydrogen (secondary N) is 1. The number of halogens is 3. The molecule has 0 unspecified atom stereocenters. The van der Waals surface area contributed by atoms with E-state index in [0.29, 0.717) is 37.8 Å². The van der Waals surface area contributed by atoms with Gasteiger partial charge in [-0.05, 0) is 42.9 Å². The Bertz CT molecular complexity index is 476. The maximum atomic E-state index is 12.7. The summed E-state index contributed by atoms with van der Waals surface area (Å²) < 4.78 is 37.5. The van der Waals surface area contributed by atoms with Crippen molar-refractivity contribution in [1.82, 2.24) is 10.2 Å². The van der Waals surface area contributed by atoms with E-state index in [2.05, 4.69) is 0 Å². The molecule has 1 N–H and O–H groups in total. The first kappa shape index (κ1) is 15.6. The minimum Gasteiger partial charge on any atom is -0.340 e. The van der Waals surface area contributed by atoms with E-state index in [1.54, 1.807) is 11.8 Å². The van der Waals surface area contributed by atoms with Gasteiger partial charge in [0.25, 0.3) is 0 Å². The van der Waals surface area contributed by atoms with E-state index in [4.69, 9.17) is 0 Å². The lowest BCUT2D eigenvalue weighted by molar-refractivity contribution is -0.175. The average molecular weight is 318 g/mol. The van der Waals surface area contributed by atoms with E-state index < -0.39 is 23.5 Å². The summed E-state index contributed by atoms with van der Waals surface area (Å²) in [5.74, 6) is -1.39. The van der Waals surface area contributed by atoms with Crippen molar-refractivity contribution in [1.29, 1.82) is 0 Å². The van der Waals surface area contributed by atoms with E-state index in [9.17, 15) is 22.8 Å². The van der Waals surface area contributed by atoms with Crippen LogP contribution < -0.4 is 5.32 Å². The summed E-state index contributed by atoms with van der Waals surface area (Å²) in [4.78, 5) is 25.6. The van der Waals surface area contributed by atoms with Crippen LogP contribution in [-0.4, -0.2) is 42.0 Å². The Labute approximate surface area is 127 Å². The summed E-state index contributed by atoms with van der Waals surface area (Å²) in [6.45, 7) is 3.01. The Morgan fingerprint density at radius 2 is 1.73 bits per heavy atom. The molecule has 2 saturated carbocycles. The van der Waals surface area contributed by atoms with Crippen molar-refractivity contribution >= 4 is 11.8 Å². The molecule has 1 aliphatic heterocycles. The number of hydrogen-bond acceptors (Lipinski definition) is 2. The number of carbonyl (C=O) groups excluding carboxylic acids is 2. The summed E-state index contributed by atoms with van der Waals surface area (Å²) in [6, 6.07) is -1.06. The molecule has 2 amide bonds. The zero-order chi connectivity index (χ0) is 16.1. The van der Waals surface area contributed by atoms with Crippen LogP contribution in [0.3, 0.4) is 0 Å². The minimum atomic E-state index is -4.95. The molecule has 22 heavy (non-hydrogen) atoms. The SMILES string of the molecule is CC1([C@H](NC(=O)C(F)(F)F)C(=O)N2C[C@H]3CCC[C@H]3C2)CC1. The topological polar surface area (TPSA) is 49.4 Å². The van der Waals surface area contributed by atoms with Crippen molar-refractivity contribution in [2.75, 3.05) is 13.1 Å². The maximum absolute atomic E-state index is 12.7. The van der Waals surface area contributed by atoms with E-state index in [1.807, 2.05) is 5.32 Å². The van der Waals surface area contributed by atoms with Gasteiger partial charge in [-0.25, -0.2) is 0 Å². The summed E-state index contributed by atoms with van der Waals surface area (Å²) in [5, 5.41) is 1.95. The highest BCUT2D eigenvalue weighted by Crippen LogP contribution is 2.49. The van der Waals surface area contributed by atoms with Gasteiger partial charge in [-0.3, -0.25) is 9.59 Å². The smallest absolute Gasteiger partial charge is 0.340 e.